The Morgan fingerprint density at radius 2 is 1.82 bits per heavy atom. The van der Waals surface area contributed by atoms with Crippen molar-refractivity contribution in [1.82, 2.24) is 10.2 Å². The molecule has 1 fully saturated rings. The van der Waals surface area contributed by atoms with Crippen molar-refractivity contribution in [2.75, 3.05) is 13.1 Å². The highest BCUT2D eigenvalue weighted by molar-refractivity contribution is 5.99. The summed E-state index contributed by atoms with van der Waals surface area (Å²) in [5.74, 6) is -0.711. The maximum atomic E-state index is 12.1. The molecule has 0 spiro atoms. The summed E-state index contributed by atoms with van der Waals surface area (Å²) in [5, 5.41) is 2.53. The number of carbonyl (C=O) groups excluding carboxylic acids is 3. The minimum absolute atomic E-state index is 0.294. The molecule has 6 nitrogen and oxygen atoms in total. The van der Waals surface area contributed by atoms with Gasteiger partial charge >= 0.3 is 12.0 Å². The topological polar surface area (TPSA) is 75.7 Å². The summed E-state index contributed by atoms with van der Waals surface area (Å²) in [4.78, 5) is 36.6. The first-order valence-electron chi connectivity index (χ1n) is 7.30. The fraction of sp³-hybridized carbons (Fsp3) is 0.438. The van der Waals surface area contributed by atoms with Crippen molar-refractivity contribution in [2.24, 2.45) is 0 Å². The van der Waals surface area contributed by atoms with Gasteiger partial charge in [0, 0.05) is 13.1 Å². The number of nitrogens with zero attached hydrogens (tertiary/aromatic N) is 1. The molecule has 0 aliphatic carbocycles. The highest BCUT2D eigenvalue weighted by Crippen LogP contribution is 2.16. The molecule has 1 aromatic rings. The third kappa shape index (κ3) is 3.44. The summed E-state index contributed by atoms with van der Waals surface area (Å²) in [7, 11) is 0. The highest BCUT2D eigenvalue weighted by Gasteiger charge is 2.31. The Hall–Kier alpha value is -2.37. The van der Waals surface area contributed by atoms with E-state index in [2.05, 4.69) is 19.2 Å². The number of imide groups is 1. The van der Waals surface area contributed by atoms with Crippen molar-refractivity contribution >= 4 is 17.9 Å². The molecule has 0 bridgehead atoms. The fourth-order valence-electron chi connectivity index (χ4n) is 2.18. The second-order valence-electron chi connectivity index (χ2n) is 5.55. The molecule has 2 rings (SSSR count). The Labute approximate surface area is 129 Å². The van der Waals surface area contributed by atoms with Crippen molar-refractivity contribution < 1.29 is 19.1 Å². The summed E-state index contributed by atoms with van der Waals surface area (Å²) in [6.45, 7) is 6.31. The number of esters is 1. The van der Waals surface area contributed by atoms with Crippen molar-refractivity contribution in [2.45, 2.75) is 32.8 Å². The Kier molecular flexibility index (Phi) is 4.80. The van der Waals surface area contributed by atoms with Crippen LogP contribution in [0.2, 0.25) is 0 Å². The molecule has 6 heteroatoms. The minimum atomic E-state index is -0.999. The number of urea groups is 1. The van der Waals surface area contributed by atoms with E-state index >= 15 is 0 Å². The zero-order valence-corrected chi connectivity index (χ0v) is 13.0. The summed E-state index contributed by atoms with van der Waals surface area (Å²) in [5.41, 5.74) is 1.50. The van der Waals surface area contributed by atoms with Crippen LogP contribution in [0.15, 0.2) is 24.3 Å². The van der Waals surface area contributed by atoms with Crippen LogP contribution >= 0.6 is 0 Å². The maximum Gasteiger partial charge on any atom is 0.338 e. The summed E-state index contributed by atoms with van der Waals surface area (Å²) >= 11 is 0. The van der Waals surface area contributed by atoms with Gasteiger partial charge in [-0.2, -0.15) is 0 Å². The normalized spacial score (nSPS) is 15.6. The number of hydrogen-bond donors (Lipinski definition) is 1. The van der Waals surface area contributed by atoms with E-state index in [1.807, 2.05) is 12.1 Å². The predicted molar refractivity (Wildman–Crippen MR) is 80.5 cm³/mol. The lowest BCUT2D eigenvalue weighted by atomic mass is 10.0. The predicted octanol–water partition coefficient (Wildman–Crippen LogP) is 1.91. The summed E-state index contributed by atoms with van der Waals surface area (Å²) in [6.07, 6.45) is -0.999. The van der Waals surface area contributed by atoms with Gasteiger partial charge in [0.05, 0.1) is 5.56 Å². The van der Waals surface area contributed by atoms with Crippen LogP contribution in [0.4, 0.5) is 4.79 Å². The van der Waals surface area contributed by atoms with Crippen LogP contribution in [0.5, 0.6) is 0 Å². The van der Waals surface area contributed by atoms with Crippen LogP contribution in [0.25, 0.3) is 0 Å². The maximum absolute atomic E-state index is 12.1. The Morgan fingerprint density at radius 3 is 2.32 bits per heavy atom. The molecule has 1 aromatic carbocycles. The second-order valence-corrected chi connectivity index (χ2v) is 5.55. The average molecular weight is 304 g/mol. The third-order valence-electron chi connectivity index (χ3n) is 3.57. The first-order chi connectivity index (χ1) is 10.4. The third-order valence-corrected chi connectivity index (χ3v) is 3.57. The molecule has 1 atom stereocenters. The molecule has 1 unspecified atom stereocenters. The SMILES string of the molecule is CC(OC(=O)c1ccc(C(C)C)cc1)C(=O)N1CCNC1=O. The van der Waals surface area contributed by atoms with E-state index in [4.69, 9.17) is 4.74 Å². The first kappa shape index (κ1) is 16.0. The van der Waals surface area contributed by atoms with E-state index in [1.54, 1.807) is 12.1 Å². The molecule has 3 amide bonds. The van der Waals surface area contributed by atoms with Crippen LogP contribution in [0, 0.1) is 0 Å². The number of hydrogen-bond acceptors (Lipinski definition) is 4. The van der Waals surface area contributed by atoms with Gasteiger partial charge in [-0.25, -0.2) is 9.59 Å². The van der Waals surface area contributed by atoms with Gasteiger partial charge in [-0.15, -0.1) is 0 Å². The van der Waals surface area contributed by atoms with Gasteiger partial charge in [-0.1, -0.05) is 26.0 Å². The quantitative estimate of drug-likeness (QED) is 0.862. The highest BCUT2D eigenvalue weighted by atomic mass is 16.5. The lowest BCUT2D eigenvalue weighted by molar-refractivity contribution is -0.136. The molecular formula is C16H20N2O4. The molecule has 1 saturated heterocycles. The Bertz CT molecular complexity index is 580. The number of amides is 3. The minimum Gasteiger partial charge on any atom is -0.449 e. The molecule has 0 aromatic heterocycles. The molecule has 1 N–H and O–H groups in total. The van der Waals surface area contributed by atoms with Crippen LogP contribution in [-0.2, 0) is 9.53 Å². The number of benzene rings is 1. The van der Waals surface area contributed by atoms with Crippen LogP contribution in [0.3, 0.4) is 0 Å². The van der Waals surface area contributed by atoms with Crippen LogP contribution in [0.1, 0.15) is 42.6 Å². The van der Waals surface area contributed by atoms with Gasteiger partial charge in [-0.3, -0.25) is 9.69 Å². The molecule has 0 radical (unpaired) electrons. The van der Waals surface area contributed by atoms with Crippen LogP contribution < -0.4 is 5.32 Å². The van der Waals surface area contributed by atoms with Gasteiger partial charge in [0.25, 0.3) is 5.91 Å². The van der Waals surface area contributed by atoms with Crippen LogP contribution in [-0.4, -0.2) is 42.0 Å². The molecule has 118 valence electrons. The monoisotopic (exact) mass is 304 g/mol. The number of ether oxygens (including phenoxy) is 1. The van der Waals surface area contributed by atoms with Gasteiger partial charge in [0.1, 0.15) is 0 Å². The molecular weight excluding hydrogens is 284 g/mol. The van der Waals surface area contributed by atoms with Crippen molar-refractivity contribution in [3.8, 4) is 0 Å². The zero-order chi connectivity index (χ0) is 16.3. The molecule has 1 heterocycles. The standard InChI is InChI=1S/C16H20N2O4/c1-10(2)12-4-6-13(7-5-12)15(20)22-11(3)14(19)18-9-8-17-16(18)21/h4-7,10-11H,8-9H2,1-3H3,(H,17,21). The van der Waals surface area contributed by atoms with E-state index in [0.717, 1.165) is 10.5 Å². The molecule has 22 heavy (non-hydrogen) atoms. The second kappa shape index (κ2) is 6.60. The lowest BCUT2D eigenvalue weighted by Crippen LogP contribution is -2.41. The number of nitrogens with one attached hydrogen (secondary N) is 1. The fourth-order valence-corrected chi connectivity index (χ4v) is 2.18. The zero-order valence-electron chi connectivity index (χ0n) is 13.0. The van der Waals surface area contributed by atoms with Crippen molar-refractivity contribution in [3.63, 3.8) is 0 Å². The van der Waals surface area contributed by atoms with Crippen molar-refractivity contribution in [1.29, 1.82) is 0 Å². The van der Waals surface area contributed by atoms with Crippen molar-refractivity contribution in [3.05, 3.63) is 35.4 Å². The summed E-state index contributed by atoms with van der Waals surface area (Å²) < 4.78 is 5.15. The van der Waals surface area contributed by atoms with E-state index in [9.17, 15) is 14.4 Å². The Balaban J connectivity index is 1.98. The molecule has 1 aliphatic heterocycles. The van der Waals surface area contributed by atoms with E-state index in [1.165, 1.54) is 6.92 Å². The molecule has 1 aliphatic rings. The number of rotatable bonds is 4. The average Bonchev–Trinajstić information content (AvgIpc) is 2.92. The van der Waals surface area contributed by atoms with E-state index in [0.29, 0.717) is 24.6 Å². The summed E-state index contributed by atoms with van der Waals surface area (Å²) in [6, 6.07) is 6.63. The molecule has 0 saturated carbocycles. The van der Waals surface area contributed by atoms with Gasteiger partial charge < -0.3 is 10.1 Å². The smallest absolute Gasteiger partial charge is 0.338 e. The van der Waals surface area contributed by atoms with Gasteiger partial charge in [0.2, 0.25) is 0 Å². The Morgan fingerprint density at radius 1 is 1.18 bits per heavy atom. The van der Waals surface area contributed by atoms with Gasteiger partial charge in [-0.05, 0) is 30.5 Å². The first-order valence-corrected chi connectivity index (χ1v) is 7.30. The van der Waals surface area contributed by atoms with E-state index < -0.39 is 24.0 Å². The number of carbonyl (C=O) groups is 3. The lowest BCUT2D eigenvalue weighted by Gasteiger charge is -2.18. The van der Waals surface area contributed by atoms with Gasteiger partial charge in [0.15, 0.2) is 6.10 Å². The van der Waals surface area contributed by atoms with E-state index in [-0.39, 0.29) is 0 Å². The largest absolute Gasteiger partial charge is 0.449 e.